The van der Waals surface area contributed by atoms with Crippen LogP contribution in [0.15, 0.2) is 42.5 Å². The predicted molar refractivity (Wildman–Crippen MR) is 120 cm³/mol. The molecule has 4 saturated heterocycles. The van der Waals surface area contributed by atoms with Gasteiger partial charge in [0.25, 0.3) is 0 Å². The minimum Gasteiger partial charge on any atom is -0.396 e. The van der Waals surface area contributed by atoms with Crippen molar-refractivity contribution >= 4 is 5.82 Å². The van der Waals surface area contributed by atoms with Gasteiger partial charge >= 0.3 is 0 Å². The molecule has 0 spiro atoms. The highest BCUT2D eigenvalue weighted by atomic mass is 16.3. The predicted octanol–water partition coefficient (Wildman–Crippen LogP) is 1.62. The molecule has 0 aliphatic carbocycles. The molecule has 4 fully saturated rings. The highest BCUT2D eigenvalue weighted by Gasteiger charge is 2.48. The number of fused-ring (bicyclic) bond motifs is 3. The zero-order chi connectivity index (χ0) is 21.4. The van der Waals surface area contributed by atoms with E-state index in [9.17, 15) is 15.3 Å². The number of rotatable bonds is 6. The largest absolute Gasteiger partial charge is 0.396 e. The van der Waals surface area contributed by atoms with Gasteiger partial charge in [0.1, 0.15) is 11.4 Å². The summed E-state index contributed by atoms with van der Waals surface area (Å²) in [6, 6.07) is 14.4. The van der Waals surface area contributed by atoms with Crippen LogP contribution in [0.3, 0.4) is 0 Å². The summed E-state index contributed by atoms with van der Waals surface area (Å²) in [5.41, 5.74) is 2.23. The van der Waals surface area contributed by atoms with Gasteiger partial charge in [0, 0.05) is 56.7 Å². The Labute approximate surface area is 184 Å². The molecule has 3 N–H and O–H groups in total. The number of aromatic nitrogens is 1. The average molecular weight is 424 g/mol. The van der Waals surface area contributed by atoms with E-state index in [0.29, 0.717) is 26.1 Å². The zero-order valence-corrected chi connectivity index (χ0v) is 18.0. The molecule has 6 nitrogen and oxygen atoms in total. The quantitative estimate of drug-likeness (QED) is 0.655. The summed E-state index contributed by atoms with van der Waals surface area (Å²) in [5.74, 6) is 1.28. The number of nitrogens with zero attached hydrogens (tertiary/aromatic N) is 3. The van der Waals surface area contributed by atoms with E-state index in [0.717, 1.165) is 43.0 Å². The van der Waals surface area contributed by atoms with Gasteiger partial charge in [-0.1, -0.05) is 36.4 Å². The Balaban J connectivity index is 1.51. The minimum absolute atomic E-state index is 0.0649. The second kappa shape index (κ2) is 8.51. The Kier molecular flexibility index (Phi) is 5.73. The molecule has 1 aromatic heterocycles. The third kappa shape index (κ3) is 3.87. The van der Waals surface area contributed by atoms with Gasteiger partial charge in [-0.15, -0.1) is 0 Å². The molecule has 4 aliphatic heterocycles. The van der Waals surface area contributed by atoms with Crippen molar-refractivity contribution in [3.05, 3.63) is 59.3 Å². The number of piperidine rings is 3. The average Bonchev–Trinajstić information content (AvgIpc) is 3.24. The van der Waals surface area contributed by atoms with E-state index in [1.54, 1.807) is 0 Å². The van der Waals surface area contributed by atoms with Crippen LogP contribution in [0.25, 0.3) is 0 Å². The summed E-state index contributed by atoms with van der Waals surface area (Å²) in [7, 11) is 0. The molecule has 31 heavy (non-hydrogen) atoms. The van der Waals surface area contributed by atoms with E-state index in [1.165, 1.54) is 5.56 Å². The number of hydrogen-bond donors (Lipinski definition) is 3. The molecule has 0 amide bonds. The fraction of sp³-hybridized carbons (Fsp3) is 0.560. The molecule has 5 heterocycles. The van der Waals surface area contributed by atoms with Gasteiger partial charge in [-0.2, -0.15) is 0 Å². The lowest BCUT2D eigenvalue weighted by Crippen LogP contribution is -2.57. The van der Waals surface area contributed by atoms with Gasteiger partial charge in [0.15, 0.2) is 0 Å². The first kappa shape index (κ1) is 20.9. The molecule has 1 aromatic carbocycles. The van der Waals surface area contributed by atoms with Crippen molar-refractivity contribution < 1.29 is 15.3 Å². The Morgan fingerprint density at radius 1 is 0.935 bits per heavy atom. The number of pyridine rings is 1. The second-order valence-corrected chi connectivity index (χ2v) is 9.59. The molecule has 0 saturated carbocycles. The van der Waals surface area contributed by atoms with E-state index in [4.69, 9.17) is 4.98 Å². The van der Waals surface area contributed by atoms with E-state index >= 15 is 0 Å². The lowest BCUT2D eigenvalue weighted by Gasteiger charge is -2.51. The lowest BCUT2D eigenvalue weighted by molar-refractivity contribution is -0.118. The van der Waals surface area contributed by atoms with Crippen LogP contribution in [0.4, 0.5) is 5.82 Å². The van der Waals surface area contributed by atoms with Crippen LogP contribution in [-0.4, -0.2) is 71.1 Å². The van der Waals surface area contributed by atoms with Gasteiger partial charge in [-0.25, -0.2) is 4.98 Å². The Bertz CT molecular complexity index is 888. The van der Waals surface area contributed by atoms with Crippen LogP contribution in [0, 0.1) is 17.8 Å². The van der Waals surface area contributed by atoms with Crippen molar-refractivity contribution in [1.82, 2.24) is 9.88 Å². The van der Waals surface area contributed by atoms with Crippen molar-refractivity contribution in [3.8, 4) is 0 Å². The Hall–Kier alpha value is -1.99. The van der Waals surface area contributed by atoms with Crippen molar-refractivity contribution in [2.45, 2.75) is 24.9 Å². The van der Waals surface area contributed by atoms with Crippen molar-refractivity contribution in [1.29, 1.82) is 0 Å². The summed E-state index contributed by atoms with van der Waals surface area (Å²) in [6.45, 7) is 4.38. The van der Waals surface area contributed by atoms with Crippen molar-refractivity contribution in [2.24, 2.45) is 17.8 Å². The molecule has 0 unspecified atom stereocenters. The summed E-state index contributed by atoms with van der Waals surface area (Å²) < 4.78 is 0. The van der Waals surface area contributed by atoms with Crippen LogP contribution >= 0.6 is 0 Å². The molecule has 6 rings (SSSR count). The fourth-order valence-electron chi connectivity index (χ4n) is 5.87. The van der Waals surface area contributed by atoms with E-state index in [2.05, 4.69) is 28.0 Å². The SMILES string of the molecule is OC[C@@H]1CN(c2ccc([C@@]3(O)CN4CCC3CC4)c(Cc3ccccc3)n2)C[C@H]1CO. The van der Waals surface area contributed by atoms with Crippen LogP contribution in [0.1, 0.15) is 29.7 Å². The van der Waals surface area contributed by atoms with Crippen LogP contribution < -0.4 is 4.90 Å². The maximum Gasteiger partial charge on any atom is 0.128 e. The molecule has 4 aliphatic rings. The number of benzene rings is 1. The van der Waals surface area contributed by atoms with Gasteiger partial charge in [0.05, 0.1) is 5.69 Å². The van der Waals surface area contributed by atoms with Gasteiger partial charge in [0.2, 0.25) is 0 Å². The molecule has 166 valence electrons. The number of hydrogen-bond acceptors (Lipinski definition) is 6. The molecular weight excluding hydrogens is 390 g/mol. The fourth-order valence-corrected chi connectivity index (χ4v) is 5.87. The maximum atomic E-state index is 11.8. The number of anilines is 1. The third-order valence-electron chi connectivity index (χ3n) is 7.74. The monoisotopic (exact) mass is 423 g/mol. The highest BCUT2D eigenvalue weighted by molar-refractivity contribution is 5.46. The first-order chi connectivity index (χ1) is 15.1. The number of aliphatic hydroxyl groups excluding tert-OH is 2. The van der Waals surface area contributed by atoms with E-state index in [1.807, 2.05) is 24.3 Å². The first-order valence-electron chi connectivity index (χ1n) is 11.6. The molecule has 2 aromatic rings. The standard InChI is InChI=1S/C25H33N3O3/c29-15-19-13-28(14-20(19)16-30)24-7-6-22(23(26-24)12-18-4-2-1-3-5-18)25(31)17-27-10-8-21(25)9-11-27/h1-7,19-21,29-31H,8-17H2/t19-,20-,25+/m0/s1. The van der Waals surface area contributed by atoms with Gasteiger partial charge < -0.3 is 25.1 Å². The third-order valence-corrected chi connectivity index (χ3v) is 7.74. The summed E-state index contributed by atoms with van der Waals surface area (Å²) in [5, 5.41) is 31.2. The minimum atomic E-state index is -0.849. The smallest absolute Gasteiger partial charge is 0.128 e. The van der Waals surface area contributed by atoms with E-state index in [-0.39, 0.29) is 31.0 Å². The Morgan fingerprint density at radius 2 is 1.61 bits per heavy atom. The Morgan fingerprint density at radius 3 is 2.19 bits per heavy atom. The van der Waals surface area contributed by atoms with Gasteiger partial charge in [-0.3, -0.25) is 0 Å². The molecule has 6 heteroatoms. The molecule has 0 radical (unpaired) electrons. The van der Waals surface area contributed by atoms with E-state index < -0.39 is 5.60 Å². The second-order valence-electron chi connectivity index (χ2n) is 9.59. The lowest BCUT2D eigenvalue weighted by atomic mass is 9.71. The van der Waals surface area contributed by atoms with Gasteiger partial charge in [-0.05, 0) is 43.5 Å². The normalized spacial score (nSPS) is 32.5. The summed E-state index contributed by atoms with van der Waals surface area (Å²) in [4.78, 5) is 9.62. The summed E-state index contributed by atoms with van der Waals surface area (Å²) >= 11 is 0. The molecule has 3 atom stereocenters. The first-order valence-corrected chi connectivity index (χ1v) is 11.6. The maximum absolute atomic E-state index is 11.8. The van der Waals surface area contributed by atoms with Crippen molar-refractivity contribution in [2.75, 3.05) is 50.8 Å². The molecular formula is C25H33N3O3. The highest BCUT2D eigenvalue weighted by Crippen LogP contribution is 2.44. The zero-order valence-electron chi connectivity index (χ0n) is 18.0. The summed E-state index contributed by atoms with van der Waals surface area (Å²) in [6.07, 6.45) is 2.75. The van der Waals surface area contributed by atoms with Crippen molar-refractivity contribution in [3.63, 3.8) is 0 Å². The molecule has 2 bridgehead atoms. The number of aliphatic hydroxyl groups is 3. The topological polar surface area (TPSA) is 80.1 Å². The van der Waals surface area contributed by atoms with Crippen LogP contribution in [-0.2, 0) is 12.0 Å². The van der Waals surface area contributed by atoms with Crippen LogP contribution in [0.2, 0.25) is 0 Å². The van der Waals surface area contributed by atoms with Crippen LogP contribution in [0.5, 0.6) is 0 Å².